The second-order valence-corrected chi connectivity index (χ2v) is 15.0. The van der Waals surface area contributed by atoms with E-state index in [-0.39, 0.29) is 11.3 Å². The molecule has 10 rings (SSSR count). The third kappa shape index (κ3) is 4.18. The lowest BCUT2D eigenvalue weighted by Crippen LogP contribution is -2.28. The van der Waals surface area contributed by atoms with Gasteiger partial charge in [0.1, 0.15) is 0 Å². The van der Waals surface area contributed by atoms with Crippen LogP contribution in [0.1, 0.15) is 61.6 Å². The minimum Gasteiger partial charge on any atom is -0.312 e. The normalized spacial score (nSPS) is 16.0. The molecule has 0 N–H and O–H groups in total. The molecule has 8 aromatic rings. The maximum absolute atomic E-state index is 4.75. The van der Waals surface area contributed by atoms with Crippen molar-refractivity contribution in [1.29, 1.82) is 0 Å². The Bertz CT molecular complexity index is 2900. The van der Waals surface area contributed by atoms with Crippen molar-refractivity contribution in [2.75, 3.05) is 0 Å². The van der Waals surface area contributed by atoms with Crippen molar-refractivity contribution in [3.8, 4) is 33.6 Å². The molecule has 1 unspecified atom stereocenters. The van der Waals surface area contributed by atoms with Gasteiger partial charge >= 0.3 is 0 Å². The summed E-state index contributed by atoms with van der Waals surface area (Å²) in [7, 11) is 0. The van der Waals surface area contributed by atoms with E-state index >= 15 is 0 Å². The zero-order valence-electron chi connectivity index (χ0n) is 30.1. The lowest BCUT2D eigenvalue weighted by Gasteiger charge is -2.21. The molecular formula is C50H40N2. The molecular weight excluding hydrogens is 629 g/mol. The summed E-state index contributed by atoms with van der Waals surface area (Å²) in [6.07, 6.45) is 4.59. The monoisotopic (exact) mass is 668 g/mol. The van der Waals surface area contributed by atoms with Crippen LogP contribution in [0.5, 0.6) is 0 Å². The number of nitrogens with zero attached hydrogens (tertiary/aromatic N) is 2. The zero-order chi connectivity index (χ0) is 35.3. The molecule has 0 amide bonds. The first-order valence-electron chi connectivity index (χ1n) is 18.4. The number of hydrogen-bond donors (Lipinski definition) is 0. The van der Waals surface area contributed by atoms with Gasteiger partial charge in [0.25, 0.3) is 0 Å². The fraction of sp³-hybridized carbons (Fsp3) is 0.120. The highest BCUT2D eigenvalue weighted by Crippen LogP contribution is 2.51. The first kappa shape index (κ1) is 30.7. The van der Waals surface area contributed by atoms with Crippen molar-refractivity contribution in [1.82, 2.24) is 9.13 Å². The van der Waals surface area contributed by atoms with Gasteiger partial charge in [0.15, 0.2) is 0 Å². The number of rotatable bonds is 4. The fourth-order valence-electron chi connectivity index (χ4n) is 9.37. The van der Waals surface area contributed by atoms with Gasteiger partial charge < -0.3 is 9.13 Å². The summed E-state index contributed by atoms with van der Waals surface area (Å²) in [6.45, 7) is 14.0. The van der Waals surface area contributed by atoms with Crippen molar-refractivity contribution >= 4 is 39.5 Å². The van der Waals surface area contributed by atoms with E-state index in [1.54, 1.807) is 0 Å². The van der Waals surface area contributed by atoms with Crippen LogP contribution in [0.4, 0.5) is 0 Å². The molecule has 2 aromatic heterocycles. The third-order valence-corrected chi connectivity index (χ3v) is 11.8. The molecule has 1 aliphatic heterocycles. The molecule has 3 heterocycles. The van der Waals surface area contributed by atoms with Crippen LogP contribution in [0.25, 0.3) is 73.2 Å². The zero-order valence-corrected chi connectivity index (χ0v) is 30.1. The molecule has 0 saturated carbocycles. The van der Waals surface area contributed by atoms with Crippen molar-refractivity contribution in [2.45, 2.75) is 39.0 Å². The summed E-state index contributed by atoms with van der Waals surface area (Å²) in [6, 6.07) is 51.3. The maximum Gasteiger partial charge on any atom is 0.0544 e. The molecule has 0 fully saturated rings. The van der Waals surface area contributed by atoms with E-state index in [0.717, 1.165) is 11.1 Å². The molecule has 0 saturated heterocycles. The van der Waals surface area contributed by atoms with Crippen LogP contribution in [0.2, 0.25) is 0 Å². The number of allylic oxidation sites excluding steroid dienone is 1. The van der Waals surface area contributed by atoms with E-state index in [0.29, 0.717) is 0 Å². The van der Waals surface area contributed by atoms with Gasteiger partial charge in [-0.05, 0) is 100.0 Å². The lowest BCUT2D eigenvalue weighted by atomic mass is 9.82. The minimum atomic E-state index is -0.0766. The molecule has 2 nitrogen and oxygen atoms in total. The summed E-state index contributed by atoms with van der Waals surface area (Å²) in [4.78, 5) is 0. The van der Waals surface area contributed by atoms with E-state index < -0.39 is 0 Å². The van der Waals surface area contributed by atoms with Crippen molar-refractivity contribution in [3.63, 3.8) is 0 Å². The standard InChI is InChI=1S/C50H40N2/c1-6-44-41(48(33-17-9-7-10-18-33)49-32(3)36-21-14-16-24-45(36)52(44)49)27-31(2)34-25-26-46-39(28-34)40-29-38-37-22-13-15-23-42(37)50(4,5)43(38)30-47(40)51(46)35-19-11-8-12-20-35/h6-30,32H,2H2,1,3-5H3. The van der Waals surface area contributed by atoms with Gasteiger partial charge in [-0.3, -0.25) is 0 Å². The summed E-state index contributed by atoms with van der Waals surface area (Å²) in [5.41, 5.74) is 17.6. The number of para-hydroxylation sites is 2. The molecule has 2 aliphatic rings. The summed E-state index contributed by atoms with van der Waals surface area (Å²) in [5.74, 6) is 0.276. The summed E-state index contributed by atoms with van der Waals surface area (Å²) in [5, 5.41) is 4.94. The molecule has 0 radical (unpaired) electrons. The molecule has 1 atom stereocenters. The first-order valence-corrected chi connectivity index (χ1v) is 18.4. The van der Waals surface area contributed by atoms with Crippen LogP contribution < -0.4 is 10.6 Å². The van der Waals surface area contributed by atoms with Crippen LogP contribution in [0.15, 0.2) is 146 Å². The predicted octanol–water partition coefficient (Wildman–Crippen LogP) is 11.3. The average molecular weight is 669 g/mol. The number of hydrogen-bond acceptors (Lipinski definition) is 0. The van der Waals surface area contributed by atoms with Gasteiger partial charge in [0, 0.05) is 55.3 Å². The van der Waals surface area contributed by atoms with Crippen LogP contribution in [-0.2, 0) is 5.41 Å². The summed E-state index contributed by atoms with van der Waals surface area (Å²) < 4.78 is 4.92. The molecule has 250 valence electrons. The van der Waals surface area contributed by atoms with Crippen LogP contribution in [0, 0.1) is 0 Å². The Labute approximate surface area is 304 Å². The predicted molar refractivity (Wildman–Crippen MR) is 220 cm³/mol. The van der Waals surface area contributed by atoms with Gasteiger partial charge in [0.2, 0.25) is 0 Å². The highest BCUT2D eigenvalue weighted by molar-refractivity contribution is 6.13. The Kier molecular flexibility index (Phi) is 6.60. The Hall–Kier alpha value is -6.12. The van der Waals surface area contributed by atoms with Crippen LogP contribution >= 0.6 is 0 Å². The quantitative estimate of drug-likeness (QED) is 0.177. The van der Waals surface area contributed by atoms with E-state index in [4.69, 9.17) is 6.58 Å². The second kappa shape index (κ2) is 11.2. The topological polar surface area (TPSA) is 9.86 Å². The van der Waals surface area contributed by atoms with Crippen molar-refractivity contribution in [3.05, 3.63) is 185 Å². The Balaban J connectivity index is 1.22. The largest absolute Gasteiger partial charge is 0.312 e. The van der Waals surface area contributed by atoms with Gasteiger partial charge in [-0.15, -0.1) is 0 Å². The Morgan fingerprint density at radius 1 is 0.673 bits per heavy atom. The van der Waals surface area contributed by atoms with Crippen LogP contribution in [0.3, 0.4) is 0 Å². The minimum absolute atomic E-state index is 0.0766. The fourth-order valence-corrected chi connectivity index (χ4v) is 9.37. The molecule has 0 bridgehead atoms. The van der Waals surface area contributed by atoms with E-state index in [9.17, 15) is 0 Å². The molecule has 6 aromatic carbocycles. The average Bonchev–Trinajstić information content (AvgIpc) is 3.85. The number of benzene rings is 6. The summed E-state index contributed by atoms with van der Waals surface area (Å²) >= 11 is 0. The third-order valence-electron chi connectivity index (χ3n) is 11.8. The SMILES string of the molecule is C=C(C=c1c(-c2ccccc2)c2n(c1=CC)-c1ccccc1C2C)c1ccc2c(c1)c1cc3c(cc1n2-c1ccccc1)C(C)(C)c1ccccc1-3. The smallest absolute Gasteiger partial charge is 0.0544 e. The number of aromatic nitrogens is 2. The van der Waals surface area contributed by atoms with Gasteiger partial charge in [-0.25, -0.2) is 0 Å². The van der Waals surface area contributed by atoms with Crippen LogP contribution in [-0.4, -0.2) is 9.13 Å². The number of fused-ring (bicyclic) bond motifs is 9. The van der Waals surface area contributed by atoms with E-state index in [1.807, 2.05) is 0 Å². The molecule has 1 aliphatic carbocycles. The Morgan fingerprint density at radius 2 is 1.37 bits per heavy atom. The molecule has 2 heteroatoms. The molecule has 52 heavy (non-hydrogen) atoms. The maximum atomic E-state index is 4.75. The Morgan fingerprint density at radius 3 is 2.15 bits per heavy atom. The second-order valence-electron chi connectivity index (χ2n) is 15.0. The van der Waals surface area contributed by atoms with Crippen molar-refractivity contribution in [2.24, 2.45) is 0 Å². The highest BCUT2D eigenvalue weighted by atomic mass is 15.0. The van der Waals surface area contributed by atoms with Crippen molar-refractivity contribution < 1.29 is 0 Å². The van der Waals surface area contributed by atoms with E-state index in [2.05, 4.69) is 189 Å². The van der Waals surface area contributed by atoms with Gasteiger partial charge in [-0.1, -0.05) is 130 Å². The molecule has 0 spiro atoms. The van der Waals surface area contributed by atoms with Gasteiger partial charge in [-0.2, -0.15) is 0 Å². The van der Waals surface area contributed by atoms with E-state index in [1.165, 1.54) is 88.4 Å². The highest BCUT2D eigenvalue weighted by Gasteiger charge is 2.36. The van der Waals surface area contributed by atoms with Gasteiger partial charge in [0.05, 0.1) is 11.0 Å². The lowest BCUT2D eigenvalue weighted by molar-refractivity contribution is 0.661. The first-order chi connectivity index (χ1) is 25.4.